The summed E-state index contributed by atoms with van der Waals surface area (Å²) in [6.07, 6.45) is 0. The lowest BCUT2D eigenvalue weighted by Gasteiger charge is -2.14. The molecule has 0 saturated carbocycles. The van der Waals surface area contributed by atoms with Gasteiger partial charge in [-0.3, -0.25) is 9.98 Å². The van der Waals surface area contributed by atoms with Crippen molar-refractivity contribution < 1.29 is 10.2 Å². The van der Waals surface area contributed by atoms with Crippen LogP contribution < -0.4 is 10.2 Å². The predicted octanol–water partition coefficient (Wildman–Crippen LogP) is 3.68. The van der Waals surface area contributed by atoms with Gasteiger partial charge in [-0.15, -0.1) is 0 Å². The molecular weight excluding hydrogens is 436 g/mol. The molecule has 0 amide bonds. The predicted molar refractivity (Wildman–Crippen MR) is 101 cm³/mol. The summed E-state index contributed by atoms with van der Waals surface area (Å²) >= 11 is 6.71. The molecule has 2 rings (SSSR count). The maximum atomic E-state index is 11.8. The van der Waals surface area contributed by atoms with Crippen LogP contribution in [0.1, 0.15) is 25.0 Å². The molecule has 0 heterocycles. The van der Waals surface area contributed by atoms with E-state index in [1.165, 1.54) is 12.1 Å². The molecule has 126 valence electrons. The van der Waals surface area contributed by atoms with Gasteiger partial charge in [-0.2, -0.15) is 0 Å². The number of hydrogen-bond acceptors (Lipinski definition) is 4. The van der Waals surface area contributed by atoms with E-state index < -0.39 is 0 Å². The average molecular weight is 452 g/mol. The van der Waals surface area contributed by atoms with E-state index in [-0.39, 0.29) is 11.5 Å². The molecule has 2 aromatic rings. The van der Waals surface area contributed by atoms with Crippen LogP contribution in [0.4, 0.5) is 0 Å². The van der Waals surface area contributed by atoms with Crippen LogP contribution in [0, 0.1) is 0 Å². The van der Waals surface area contributed by atoms with Crippen molar-refractivity contribution in [1.29, 1.82) is 0 Å². The fraction of sp³-hybridized carbons (Fsp3) is 0.222. The summed E-state index contributed by atoms with van der Waals surface area (Å²) in [7, 11) is 0. The summed E-state index contributed by atoms with van der Waals surface area (Å²) in [5, 5.41) is 23.7. The largest absolute Gasteiger partial charge is 0.872 e. The first-order valence-corrected chi connectivity index (χ1v) is 8.93. The summed E-state index contributed by atoms with van der Waals surface area (Å²) < 4.78 is 1.69. The summed E-state index contributed by atoms with van der Waals surface area (Å²) in [6.45, 7) is 4.53. The third-order valence-corrected chi connectivity index (χ3v) is 4.45. The third-order valence-electron chi connectivity index (χ3n) is 3.46. The van der Waals surface area contributed by atoms with Crippen molar-refractivity contribution in [2.24, 2.45) is 9.98 Å². The highest BCUT2D eigenvalue weighted by Crippen LogP contribution is 2.21. The van der Waals surface area contributed by atoms with Crippen LogP contribution in [-0.2, 0) is 0 Å². The zero-order chi connectivity index (χ0) is 17.7. The Morgan fingerprint density at radius 2 is 1.17 bits per heavy atom. The van der Waals surface area contributed by atoms with E-state index in [1.54, 1.807) is 24.3 Å². The normalized spacial score (nSPS) is 12.5. The van der Waals surface area contributed by atoms with E-state index in [9.17, 15) is 10.2 Å². The van der Waals surface area contributed by atoms with Crippen LogP contribution in [0.2, 0.25) is 0 Å². The summed E-state index contributed by atoms with van der Waals surface area (Å²) in [5.41, 5.74) is 2.53. The lowest BCUT2D eigenvalue weighted by atomic mass is 10.1. The maximum Gasteiger partial charge on any atom is 0.0588 e. The van der Waals surface area contributed by atoms with E-state index in [0.717, 1.165) is 8.95 Å². The number of aliphatic imine (C=N–C) groups is 2. The first kappa shape index (κ1) is 18.7. The van der Waals surface area contributed by atoms with Crippen molar-refractivity contribution >= 4 is 43.3 Å². The number of hydrogen-bond donors (Lipinski definition) is 0. The molecule has 6 heteroatoms. The lowest BCUT2D eigenvalue weighted by Crippen LogP contribution is -2.06. The SMILES string of the molecule is CC(=NCCN=C(C)c1cc(Br)ccc1[O-])c1cc(Br)ccc1[O-]. The van der Waals surface area contributed by atoms with Crippen LogP contribution in [0.15, 0.2) is 55.3 Å². The first-order chi connectivity index (χ1) is 11.4. The first-order valence-electron chi connectivity index (χ1n) is 7.34. The Kier molecular flexibility index (Phi) is 6.57. The van der Waals surface area contributed by atoms with Gasteiger partial charge in [0.2, 0.25) is 0 Å². The smallest absolute Gasteiger partial charge is 0.0588 e. The molecular formula is C18H16Br2N2O2-2. The molecule has 0 saturated heterocycles. The second kappa shape index (κ2) is 8.44. The van der Waals surface area contributed by atoms with Crippen LogP contribution in [-0.4, -0.2) is 24.5 Å². The Morgan fingerprint density at radius 3 is 1.54 bits per heavy atom. The van der Waals surface area contributed by atoms with Crippen molar-refractivity contribution in [2.75, 3.05) is 13.1 Å². The van der Waals surface area contributed by atoms with Gasteiger partial charge in [-0.25, -0.2) is 0 Å². The zero-order valence-electron chi connectivity index (χ0n) is 13.3. The minimum absolute atomic E-state index is 0.0516. The third kappa shape index (κ3) is 4.92. The Balaban J connectivity index is 2.05. The van der Waals surface area contributed by atoms with Crippen LogP contribution in [0.3, 0.4) is 0 Å². The highest BCUT2D eigenvalue weighted by Gasteiger charge is 2.01. The number of benzene rings is 2. The summed E-state index contributed by atoms with van der Waals surface area (Å²) in [4.78, 5) is 8.81. The van der Waals surface area contributed by atoms with Crippen molar-refractivity contribution in [2.45, 2.75) is 13.8 Å². The minimum atomic E-state index is -0.0516. The van der Waals surface area contributed by atoms with E-state index in [4.69, 9.17) is 0 Å². The van der Waals surface area contributed by atoms with Crippen molar-refractivity contribution in [1.82, 2.24) is 0 Å². The van der Waals surface area contributed by atoms with Gasteiger partial charge < -0.3 is 10.2 Å². The van der Waals surface area contributed by atoms with Crippen molar-refractivity contribution in [3.63, 3.8) is 0 Å². The second-order valence-corrected chi connectivity index (χ2v) is 7.05. The fourth-order valence-electron chi connectivity index (χ4n) is 2.18. The highest BCUT2D eigenvalue weighted by molar-refractivity contribution is 9.10. The van der Waals surface area contributed by atoms with Gasteiger partial charge in [0.25, 0.3) is 0 Å². The topological polar surface area (TPSA) is 70.8 Å². The van der Waals surface area contributed by atoms with E-state index >= 15 is 0 Å². The molecule has 0 spiro atoms. The molecule has 4 nitrogen and oxygen atoms in total. The van der Waals surface area contributed by atoms with Gasteiger partial charge in [0.05, 0.1) is 13.1 Å². The van der Waals surface area contributed by atoms with Gasteiger partial charge in [0.15, 0.2) is 0 Å². The van der Waals surface area contributed by atoms with Crippen molar-refractivity contribution in [3.05, 3.63) is 56.5 Å². The van der Waals surface area contributed by atoms with Crippen LogP contribution >= 0.6 is 31.9 Å². The molecule has 0 aliphatic rings. The van der Waals surface area contributed by atoms with Crippen LogP contribution in [0.5, 0.6) is 11.5 Å². The maximum absolute atomic E-state index is 11.8. The van der Waals surface area contributed by atoms with Crippen molar-refractivity contribution in [3.8, 4) is 11.5 Å². The van der Waals surface area contributed by atoms with Gasteiger partial charge in [0, 0.05) is 20.4 Å². The molecule has 0 atom stereocenters. The van der Waals surface area contributed by atoms with Gasteiger partial charge in [-0.05, 0) is 49.2 Å². The minimum Gasteiger partial charge on any atom is -0.872 e. The summed E-state index contributed by atoms with van der Waals surface area (Å²) in [5.74, 6) is -0.103. The zero-order valence-corrected chi connectivity index (χ0v) is 16.5. The summed E-state index contributed by atoms with van der Waals surface area (Å²) in [6, 6.07) is 9.99. The van der Waals surface area contributed by atoms with E-state index in [0.29, 0.717) is 35.6 Å². The Bertz CT molecular complexity index is 734. The van der Waals surface area contributed by atoms with Gasteiger partial charge in [-0.1, -0.05) is 55.5 Å². The molecule has 0 aliphatic carbocycles. The van der Waals surface area contributed by atoms with E-state index in [1.807, 2.05) is 13.8 Å². The fourth-order valence-corrected chi connectivity index (χ4v) is 2.90. The number of nitrogens with zero attached hydrogens (tertiary/aromatic N) is 2. The molecule has 0 N–H and O–H groups in total. The number of rotatable bonds is 5. The monoisotopic (exact) mass is 450 g/mol. The molecule has 2 aromatic carbocycles. The molecule has 0 aromatic heterocycles. The molecule has 0 aliphatic heterocycles. The Labute approximate surface area is 158 Å². The molecule has 0 unspecified atom stereocenters. The standard InChI is InChI=1S/C18H18Br2N2O2/c1-11(15-9-13(19)3-5-17(15)23)21-7-8-22-12(2)16-10-14(20)4-6-18(16)24/h3-6,9-10,23-24H,7-8H2,1-2H3/p-2. The Hall–Kier alpha value is -1.66. The molecule has 0 radical (unpaired) electrons. The molecule has 24 heavy (non-hydrogen) atoms. The Morgan fingerprint density at radius 1 is 0.792 bits per heavy atom. The average Bonchev–Trinajstić information content (AvgIpc) is 2.55. The quantitative estimate of drug-likeness (QED) is 0.513. The molecule has 0 bridgehead atoms. The van der Waals surface area contributed by atoms with E-state index in [2.05, 4.69) is 41.8 Å². The molecule has 0 fully saturated rings. The van der Waals surface area contributed by atoms with Gasteiger partial charge >= 0.3 is 0 Å². The highest BCUT2D eigenvalue weighted by atomic mass is 79.9. The van der Waals surface area contributed by atoms with Crippen LogP contribution in [0.25, 0.3) is 0 Å². The lowest BCUT2D eigenvalue weighted by molar-refractivity contribution is -0.269. The van der Waals surface area contributed by atoms with Gasteiger partial charge in [0.1, 0.15) is 0 Å². The second-order valence-electron chi connectivity index (χ2n) is 5.22. The number of halogens is 2.